The van der Waals surface area contributed by atoms with Crippen LogP contribution in [0.15, 0.2) is 44.7 Å². The van der Waals surface area contributed by atoms with Gasteiger partial charge in [0.1, 0.15) is 5.69 Å². The number of hydrogen-bond acceptors (Lipinski definition) is 4. The molecule has 0 saturated carbocycles. The average Bonchev–Trinajstić information content (AvgIpc) is 3.29. The molecule has 0 N–H and O–H groups in total. The van der Waals surface area contributed by atoms with Crippen LogP contribution in [0.3, 0.4) is 0 Å². The third kappa shape index (κ3) is 4.36. The third-order valence-corrected chi connectivity index (χ3v) is 7.73. The number of rotatable bonds is 5. The third-order valence-electron chi connectivity index (χ3n) is 5.38. The van der Waals surface area contributed by atoms with Gasteiger partial charge in [0.05, 0.1) is 27.2 Å². The van der Waals surface area contributed by atoms with Crippen molar-refractivity contribution >= 4 is 65.3 Å². The van der Waals surface area contributed by atoms with Crippen molar-refractivity contribution in [1.82, 2.24) is 9.47 Å². The van der Waals surface area contributed by atoms with Crippen molar-refractivity contribution < 1.29 is 14.3 Å². The lowest BCUT2D eigenvalue weighted by atomic mass is 9.98. The van der Waals surface area contributed by atoms with Crippen LogP contribution in [-0.4, -0.2) is 41.0 Å². The van der Waals surface area contributed by atoms with Crippen LogP contribution in [0, 0.1) is 5.92 Å². The highest BCUT2D eigenvalue weighted by Gasteiger charge is 2.31. The van der Waals surface area contributed by atoms with Crippen molar-refractivity contribution in [1.29, 1.82) is 0 Å². The molecule has 0 bridgehead atoms. The Balaban J connectivity index is 1.65. The minimum Gasteiger partial charge on any atom is -0.466 e. The summed E-state index contributed by atoms with van der Waals surface area (Å²) in [4.78, 5) is 27.5. The van der Waals surface area contributed by atoms with Gasteiger partial charge in [-0.25, -0.2) is 0 Å². The van der Waals surface area contributed by atoms with E-state index in [0.717, 1.165) is 37.6 Å². The minimum absolute atomic E-state index is 0.0311. The quantitative estimate of drug-likeness (QED) is 0.381. The number of carbonyl (C=O) groups is 2. The molecule has 0 aliphatic carbocycles. The number of nitrogens with zero attached hydrogens (tertiary/aromatic N) is 2. The lowest BCUT2D eigenvalue weighted by Crippen LogP contribution is -2.43. The number of likely N-dealkylation sites (tertiary alicyclic amines) is 1. The van der Waals surface area contributed by atoms with Gasteiger partial charge in [0.15, 0.2) is 0 Å². The van der Waals surface area contributed by atoms with Gasteiger partial charge in [0.2, 0.25) is 0 Å². The first-order chi connectivity index (χ1) is 14.5. The molecule has 0 spiro atoms. The summed E-state index contributed by atoms with van der Waals surface area (Å²) in [5.74, 6) is -0.481. The molecule has 1 atom stereocenters. The summed E-state index contributed by atoms with van der Waals surface area (Å²) in [5.41, 5.74) is 2.81. The van der Waals surface area contributed by atoms with Crippen molar-refractivity contribution in [2.24, 2.45) is 5.92 Å². The van der Waals surface area contributed by atoms with Gasteiger partial charge < -0.3 is 14.2 Å². The van der Waals surface area contributed by atoms with Gasteiger partial charge in [0, 0.05) is 29.5 Å². The fourth-order valence-corrected chi connectivity index (χ4v) is 5.88. The zero-order chi connectivity index (χ0) is 21.3. The second-order valence-electron chi connectivity index (χ2n) is 7.38. The van der Waals surface area contributed by atoms with Crippen molar-refractivity contribution in [3.05, 3.63) is 55.9 Å². The Bertz CT molecular complexity index is 1070. The highest BCUT2D eigenvalue weighted by atomic mass is 79.9. The van der Waals surface area contributed by atoms with E-state index in [1.807, 2.05) is 25.1 Å². The van der Waals surface area contributed by atoms with E-state index in [9.17, 15) is 9.59 Å². The molecule has 1 fully saturated rings. The van der Waals surface area contributed by atoms with Crippen LogP contribution < -0.4 is 0 Å². The molecule has 158 valence electrons. The maximum atomic E-state index is 13.5. The van der Waals surface area contributed by atoms with E-state index in [1.165, 1.54) is 0 Å². The zero-order valence-corrected chi connectivity index (χ0v) is 20.6. The Kier molecular flexibility index (Phi) is 6.65. The number of thiophene rings is 1. The van der Waals surface area contributed by atoms with Gasteiger partial charge >= 0.3 is 5.97 Å². The van der Waals surface area contributed by atoms with Crippen LogP contribution in [0.25, 0.3) is 10.2 Å². The van der Waals surface area contributed by atoms with E-state index in [0.29, 0.717) is 31.9 Å². The number of hydrogen-bond donors (Lipinski definition) is 0. The molecule has 30 heavy (non-hydrogen) atoms. The van der Waals surface area contributed by atoms with Crippen molar-refractivity contribution in [3.63, 3.8) is 0 Å². The first kappa shape index (κ1) is 21.6. The first-order valence-corrected chi connectivity index (χ1v) is 12.4. The summed E-state index contributed by atoms with van der Waals surface area (Å²) < 4.78 is 10.3. The van der Waals surface area contributed by atoms with Crippen molar-refractivity contribution in [2.45, 2.75) is 26.3 Å². The summed E-state index contributed by atoms with van der Waals surface area (Å²) in [5, 5.41) is 2.05. The summed E-state index contributed by atoms with van der Waals surface area (Å²) in [6.07, 6.45) is 1.57. The Labute approximate surface area is 196 Å². The van der Waals surface area contributed by atoms with E-state index < -0.39 is 0 Å². The van der Waals surface area contributed by atoms with Gasteiger partial charge in [-0.2, -0.15) is 0 Å². The lowest BCUT2D eigenvalue weighted by molar-refractivity contribution is -0.149. The summed E-state index contributed by atoms with van der Waals surface area (Å²) in [6.45, 7) is 3.85. The number of esters is 1. The van der Waals surface area contributed by atoms with Gasteiger partial charge in [0.25, 0.3) is 5.91 Å². The Morgan fingerprint density at radius 2 is 2.00 bits per heavy atom. The number of fused-ring (bicyclic) bond motifs is 1. The van der Waals surface area contributed by atoms with E-state index in [2.05, 4.69) is 53.9 Å². The molecule has 8 heteroatoms. The number of benzene rings is 1. The van der Waals surface area contributed by atoms with Gasteiger partial charge in [-0.05, 0) is 59.5 Å². The number of piperidine rings is 1. The fourth-order valence-electron chi connectivity index (χ4n) is 3.92. The maximum absolute atomic E-state index is 13.5. The molecule has 3 heterocycles. The number of carbonyl (C=O) groups excluding carboxylic acids is 2. The summed E-state index contributed by atoms with van der Waals surface area (Å²) in [6, 6.07) is 10.1. The van der Waals surface area contributed by atoms with Crippen LogP contribution >= 0.6 is 43.2 Å². The van der Waals surface area contributed by atoms with Crippen LogP contribution in [0.2, 0.25) is 0 Å². The standard InChI is InChI=1S/C22H22Br2N2O3S/c1-2-29-22(28)15-4-3-9-25(12-15)21(27)18-10-19-20(17(24)13-30-19)26(18)11-14-5-7-16(23)8-6-14/h5-8,10,13,15H,2-4,9,11-12H2,1H3/t15-/m0/s1. The molecule has 4 rings (SSSR count). The molecule has 0 radical (unpaired) electrons. The van der Waals surface area contributed by atoms with Crippen LogP contribution in [0.1, 0.15) is 35.8 Å². The Hall–Kier alpha value is -1.64. The molecule has 2 aromatic heterocycles. The molecule has 1 aromatic carbocycles. The number of amides is 1. The highest BCUT2D eigenvalue weighted by Crippen LogP contribution is 2.34. The molecule has 1 amide bonds. The fraction of sp³-hybridized carbons (Fsp3) is 0.364. The van der Waals surface area contributed by atoms with Gasteiger partial charge in [-0.15, -0.1) is 11.3 Å². The molecular weight excluding hydrogens is 532 g/mol. The Morgan fingerprint density at radius 3 is 2.73 bits per heavy atom. The molecule has 1 aliphatic heterocycles. The number of halogens is 2. The molecule has 0 unspecified atom stereocenters. The van der Waals surface area contributed by atoms with Crippen molar-refractivity contribution in [3.8, 4) is 0 Å². The Morgan fingerprint density at radius 1 is 1.23 bits per heavy atom. The first-order valence-electron chi connectivity index (χ1n) is 9.94. The second-order valence-corrected chi connectivity index (χ2v) is 10.1. The predicted octanol–water partition coefficient (Wildman–Crippen LogP) is 5.69. The normalized spacial score (nSPS) is 16.8. The van der Waals surface area contributed by atoms with Crippen LogP contribution in [0.5, 0.6) is 0 Å². The lowest BCUT2D eigenvalue weighted by Gasteiger charge is -2.31. The average molecular weight is 554 g/mol. The topological polar surface area (TPSA) is 51.5 Å². The van der Waals surface area contributed by atoms with E-state index in [-0.39, 0.29) is 17.8 Å². The second kappa shape index (κ2) is 9.24. The molecule has 1 aliphatic rings. The number of ether oxygens (including phenoxy) is 1. The van der Waals surface area contributed by atoms with E-state index in [1.54, 1.807) is 16.2 Å². The van der Waals surface area contributed by atoms with Crippen LogP contribution in [0.4, 0.5) is 0 Å². The van der Waals surface area contributed by atoms with E-state index in [4.69, 9.17) is 4.74 Å². The highest BCUT2D eigenvalue weighted by molar-refractivity contribution is 9.11. The number of aromatic nitrogens is 1. The molecule has 3 aromatic rings. The molecule has 5 nitrogen and oxygen atoms in total. The largest absolute Gasteiger partial charge is 0.466 e. The van der Waals surface area contributed by atoms with Gasteiger partial charge in [-0.3, -0.25) is 9.59 Å². The van der Waals surface area contributed by atoms with Gasteiger partial charge in [-0.1, -0.05) is 28.1 Å². The monoisotopic (exact) mass is 552 g/mol. The van der Waals surface area contributed by atoms with Crippen LogP contribution in [-0.2, 0) is 16.1 Å². The molecular formula is C22H22Br2N2O3S. The van der Waals surface area contributed by atoms with Crippen molar-refractivity contribution in [2.75, 3.05) is 19.7 Å². The maximum Gasteiger partial charge on any atom is 0.310 e. The smallest absolute Gasteiger partial charge is 0.310 e. The summed E-state index contributed by atoms with van der Waals surface area (Å²) >= 11 is 8.74. The minimum atomic E-state index is -0.245. The SMILES string of the molecule is CCOC(=O)[C@H]1CCCN(C(=O)c2cc3scc(Br)c3n2Cc2ccc(Br)cc2)C1. The zero-order valence-electron chi connectivity index (χ0n) is 16.6. The summed E-state index contributed by atoms with van der Waals surface area (Å²) in [7, 11) is 0. The van der Waals surface area contributed by atoms with E-state index >= 15 is 0 Å². The predicted molar refractivity (Wildman–Crippen MR) is 126 cm³/mol. The molecule has 1 saturated heterocycles.